The van der Waals surface area contributed by atoms with Gasteiger partial charge in [0.15, 0.2) is 11.3 Å². The number of rotatable bonds is 6. The van der Waals surface area contributed by atoms with Gasteiger partial charge < -0.3 is 13.8 Å². The maximum atomic E-state index is 6.22. The van der Waals surface area contributed by atoms with Crippen molar-refractivity contribution in [3.05, 3.63) is 77.0 Å². The minimum atomic E-state index is -0.229. The van der Waals surface area contributed by atoms with Gasteiger partial charge in [0.25, 0.3) is 0 Å². The van der Waals surface area contributed by atoms with Crippen molar-refractivity contribution >= 4 is 17.2 Å². The highest BCUT2D eigenvalue weighted by molar-refractivity contribution is 6.29. The van der Waals surface area contributed by atoms with E-state index in [4.69, 9.17) is 26.0 Å². The second kappa shape index (κ2) is 8.32. The highest BCUT2D eigenvalue weighted by Crippen LogP contribution is 2.32. The number of hydrogen-bond acceptors (Lipinski definition) is 7. The SMILES string of the molecule is CC(C)(C)c1cc2nnc(-c3cc(Cl)on3)n2nc1OCc1nccn1Cc1ccccc1. The van der Waals surface area contributed by atoms with Gasteiger partial charge in [-0.25, -0.2) is 4.98 Å². The third-order valence-corrected chi connectivity index (χ3v) is 5.39. The Morgan fingerprint density at radius 1 is 1.09 bits per heavy atom. The molecule has 0 saturated carbocycles. The summed E-state index contributed by atoms with van der Waals surface area (Å²) in [5.41, 5.74) is 2.88. The Kier molecular flexibility index (Phi) is 5.33. The van der Waals surface area contributed by atoms with Gasteiger partial charge in [0.2, 0.25) is 16.9 Å². The van der Waals surface area contributed by atoms with E-state index in [2.05, 4.69) is 57.8 Å². The number of hydrogen-bond donors (Lipinski definition) is 0. The van der Waals surface area contributed by atoms with Crippen LogP contribution in [0.5, 0.6) is 5.88 Å². The standard InChI is InChI=1S/C23H22ClN7O2/c1-23(2,3)16-11-19-26-27-21(17-12-18(24)33-29-17)31(19)28-22(16)32-14-20-25-9-10-30(20)13-15-7-5-4-6-8-15/h4-12H,13-14H2,1-3H3. The molecular formula is C23H22ClN7O2. The molecule has 4 aromatic heterocycles. The first-order chi connectivity index (χ1) is 15.9. The largest absolute Gasteiger partial charge is 0.468 e. The first-order valence-corrected chi connectivity index (χ1v) is 10.8. The predicted octanol–water partition coefficient (Wildman–Crippen LogP) is 4.55. The molecule has 0 aliphatic carbocycles. The Hall–Kier alpha value is -3.72. The number of fused-ring (bicyclic) bond motifs is 1. The molecule has 5 aromatic rings. The normalized spacial score (nSPS) is 11.9. The maximum Gasteiger partial charge on any atom is 0.236 e. The summed E-state index contributed by atoms with van der Waals surface area (Å²) in [4.78, 5) is 4.48. The molecule has 0 N–H and O–H groups in total. The van der Waals surface area contributed by atoms with Gasteiger partial charge in [-0.15, -0.1) is 15.3 Å². The van der Waals surface area contributed by atoms with E-state index in [9.17, 15) is 0 Å². The summed E-state index contributed by atoms with van der Waals surface area (Å²) in [5, 5.41) is 17.2. The molecule has 0 aliphatic rings. The van der Waals surface area contributed by atoms with Crippen LogP contribution in [-0.4, -0.2) is 34.5 Å². The van der Waals surface area contributed by atoms with E-state index in [1.165, 1.54) is 5.56 Å². The van der Waals surface area contributed by atoms with Crippen LogP contribution in [0.25, 0.3) is 17.2 Å². The van der Waals surface area contributed by atoms with Crippen molar-refractivity contribution in [3.63, 3.8) is 0 Å². The Balaban J connectivity index is 1.48. The van der Waals surface area contributed by atoms with Gasteiger partial charge in [-0.1, -0.05) is 56.3 Å². The Morgan fingerprint density at radius 2 is 1.91 bits per heavy atom. The zero-order valence-electron chi connectivity index (χ0n) is 18.4. The van der Waals surface area contributed by atoms with Crippen LogP contribution in [0.3, 0.4) is 0 Å². The van der Waals surface area contributed by atoms with Crippen molar-refractivity contribution in [1.29, 1.82) is 0 Å². The van der Waals surface area contributed by atoms with Gasteiger partial charge in [0.1, 0.15) is 12.4 Å². The van der Waals surface area contributed by atoms with Crippen LogP contribution in [0.4, 0.5) is 0 Å². The quantitative estimate of drug-likeness (QED) is 0.364. The molecule has 33 heavy (non-hydrogen) atoms. The smallest absolute Gasteiger partial charge is 0.236 e. The summed E-state index contributed by atoms with van der Waals surface area (Å²) >= 11 is 5.88. The average molecular weight is 464 g/mol. The van der Waals surface area contributed by atoms with E-state index in [-0.39, 0.29) is 17.2 Å². The summed E-state index contributed by atoms with van der Waals surface area (Å²) < 4.78 is 14.8. The lowest BCUT2D eigenvalue weighted by Crippen LogP contribution is -2.17. The molecular weight excluding hydrogens is 442 g/mol. The van der Waals surface area contributed by atoms with Crippen LogP contribution in [0.1, 0.15) is 37.7 Å². The fraction of sp³-hybridized carbons (Fsp3) is 0.261. The number of nitrogens with zero attached hydrogens (tertiary/aromatic N) is 7. The summed E-state index contributed by atoms with van der Waals surface area (Å²) in [6.07, 6.45) is 3.72. The van der Waals surface area contributed by atoms with Crippen molar-refractivity contribution in [2.24, 2.45) is 0 Å². The van der Waals surface area contributed by atoms with Crippen molar-refractivity contribution < 1.29 is 9.26 Å². The molecule has 9 nitrogen and oxygen atoms in total. The summed E-state index contributed by atoms with van der Waals surface area (Å²) in [6, 6.07) is 13.7. The first-order valence-electron chi connectivity index (χ1n) is 10.4. The van der Waals surface area contributed by atoms with Gasteiger partial charge in [-0.3, -0.25) is 0 Å². The monoisotopic (exact) mass is 463 g/mol. The number of halogens is 1. The molecule has 0 spiro atoms. The fourth-order valence-corrected chi connectivity index (χ4v) is 3.65. The molecule has 168 valence electrons. The van der Waals surface area contributed by atoms with Crippen LogP contribution in [0.2, 0.25) is 5.22 Å². The van der Waals surface area contributed by atoms with E-state index in [1.54, 1.807) is 16.8 Å². The van der Waals surface area contributed by atoms with Crippen molar-refractivity contribution in [2.75, 3.05) is 0 Å². The summed E-state index contributed by atoms with van der Waals surface area (Å²) in [5.74, 6) is 1.68. The van der Waals surface area contributed by atoms with Gasteiger partial charge in [0.05, 0.1) is 0 Å². The first kappa shape index (κ1) is 21.1. The molecule has 0 amide bonds. The van der Waals surface area contributed by atoms with Gasteiger partial charge in [-0.05, 0) is 28.6 Å². The summed E-state index contributed by atoms with van der Waals surface area (Å²) in [6.45, 7) is 7.25. The lowest BCUT2D eigenvalue weighted by atomic mass is 9.88. The molecule has 0 fully saturated rings. The Labute approximate surface area is 195 Å². The minimum Gasteiger partial charge on any atom is -0.468 e. The van der Waals surface area contributed by atoms with E-state index >= 15 is 0 Å². The number of ether oxygens (including phenoxy) is 1. The zero-order valence-corrected chi connectivity index (χ0v) is 19.2. The van der Waals surface area contributed by atoms with Crippen LogP contribution in [-0.2, 0) is 18.6 Å². The average Bonchev–Trinajstić information content (AvgIpc) is 3.51. The lowest BCUT2D eigenvalue weighted by Gasteiger charge is -2.22. The molecule has 0 saturated heterocycles. The third kappa shape index (κ3) is 4.31. The molecule has 0 atom stereocenters. The van der Waals surface area contributed by atoms with Crippen molar-refractivity contribution in [3.8, 4) is 17.4 Å². The molecule has 10 heteroatoms. The Bertz CT molecular complexity index is 1400. The number of imidazole rings is 1. The highest BCUT2D eigenvalue weighted by Gasteiger charge is 2.24. The van der Waals surface area contributed by atoms with Crippen LogP contribution >= 0.6 is 11.6 Å². The van der Waals surface area contributed by atoms with E-state index in [0.717, 1.165) is 11.4 Å². The topological polar surface area (TPSA) is 96.2 Å². The minimum absolute atomic E-state index is 0.162. The second-order valence-corrected chi connectivity index (χ2v) is 9.04. The van der Waals surface area contributed by atoms with Crippen molar-refractivity contribution in [1.82, 2.24) is 34.5 Å². The van der Waals surface area contributed by atoms with Crippen LogP contribution in [0.15, 0.2) is 59.4 Å². The van der Waals surface area contributed by atoms with Gasteiger partial charge in [-0.2, -0.15) is 4.52 Å². The maximum absolute atomic E-state index is 6.22. The zero-order chi connectivity index (χ0) is 23.0. The van der Waals surface area contributed by atoms with E-state index < -0.39 is 0 Å². The molecule has 0 radical (unpaired) electrons. The predicted molar refractivity (Wildman–Crippen MR) is 122 cm³/mol. The third-order valence-electron chi connectivity index (χ3n) is 5.21. The molecule has 0 bridgehead atoms. The van der Waals surface area contributed by atoms with Crippen LogP contribution < -0.4 is 4.74 Å². The number of aromatic nitrogens is 7. The van der Waals surface area contributed by atoms with E-state index in [1.807, 2.05) is 30.5 Å². The van der Waals surface area contributed by atoms with Gasteiger partial charge >= 0.3 is 0 Å². The lowest BCUT2D eigenvalue weighted by molar-refractivity contribution is 0.267. The second-order valence-electron chi connectivity index (χ2n) is 8.67. The molecule has 0 unspecified atom stereocenters. The molecule has 1 aromatic carbocycles. The molecule has 0 aliphatic heterocycles. The van der Waals surface area contributed by atoms with Gasteiger partial charge in [0, 0.05) is 30.6 Å². The molecule has 5 rings (SSSR count). The van der Waals surface area contributed by atoms with Crippen LogP contribution in [0, 0.1) is 0 Å². The molecule has 4 heterocycles. The fourth-order valence-electron chi connectivity index (χ4n) is 3.52. The van der Waals surface area contributed by atoms with E-state index in [0.29, 0.717) is 29.6 Å². The summed E-state index contributed by atoms with van der Waals surface area (Å²) in [7, 11) is 0. The van der Waals surface area contributed by atoms with Crippen molar-refractivity contribution in [2.45, 2.75) is 39.3 Å². The number of benzene rings is 1. The Morgan fingerprint density at radius 3 is 2.64 bits per heavy atom. The highest BCUT2D eigenvalue weighted by atomic mass is 35.5.